The summed E-state index contributed by atoms with van der Waals surface area (Å²) in [5, 5.41) is 5.22. The first-order chi connectivity index (χ1) is 14.0. The summed E-state index contributed by atoms with van der Waals surface area (Å²) in [7, 11) is 0. The largest absolute Gasteiger partial charge is 0.491 e. The van der Waals surface area contributed by atoms with Crippen molar-refractivity contribution in [1.82, 2.24) is 5.32 Å². The Balaban J connectivity index is 1.51. The molecule has 0 atom stereocenters. The van der Waals surface area contributed by atoms with Gasteiger partial charge in [0.05, 0.1) is 6.54 Å². The Bertz CT molecular complexity index is 1000. The SMILES string of the molecule is Cc1ccc(NC(=O)C(=O)NCCOc2ccccc2-c2ccccc2)c(C)c1. The third-order valence-corrected chi connectivity index (χ3v) is 4.45. The van der Waals surface area contributed by atoms with Crippen LogP contribution in [0, 0.1) is 13.8 Å². The van der Waals surface area contributed by atoms with E-state index < -0.39 is 11.8 Å². The fraction of sp³-hybridized carbons (Fsp3) is 0.167. The van der Waals surface area contributed by atoms with Gasteiger partial charge in [-0.2, -0.15) is 0 Å². The predicted molar refractivity (Wildman–Crippen MR) is 115 cm³/mol. The van der Waals surface area contributed by atoms with E-state index in [-0.39, 0.29) is 13.2 Å². The number of anilines is 1. The van der Waals surface area contributed by atoms with E-state index in [1.54, 1.807) is 6.07 Å². The van der Waals surface area contributed by atoms with Crippen LogP contribution in [0.1, 0.15) is 11.1 Å². The maximum atomic E-state index is 12.1. The summed E-state index contributed by atoms with van der Waals surface area (Å²) >= 11 is 0. The molecule has 148 valence electrons. The van der Waals surface area contributed by atoms with Gasteiger partial charge in [0.1, 0.15) is 12.4 Å². The number of benzene rings is 3. The molecular formula is C24H24N2O3. The first kappa shape index (κ1) is 20.1. The lowest BCUT2D eigenvalue weighted by molar-refractivity contribution is -0.136. The molecule has 0 saturated carbocycles. The van der Waals surface area contributed by atoms with E-state index in [1.165, 1.54) is 0 Å². The van der Waals surface area contributed by atoms with Crippen LogP contribution in [0.2, 0.25) is 0 Å². The average Bonchev–Trinajstić information content (AvgIpc) is 2.74. The van der Waals surface area contributed by atoms with Crippen LogP contribution in [0.3, 0.4) is 0 Å². The zero-order valence-electron chi connectivity index (χ0n) is 16.6. The summed E-state index contributed by atoms with van der Waals surface area (Å²) in [6.07, 6.45) is 0. The van der Waals surface area contributed by atoms with Gasteiger partial charge in [-0.15, -0.1) is 0 Å². The Morgan fingerprint density at radius 3 is 2.34 bits per heavy atom. The quantitative estimate of drug-likeness (QED) is 0.493. The summed E-state index contributed by atoms with van der Waals surface area (Å²) in [5.41, 5.74) is 4.67. The van der Waals surface area contributed by atoms with Crippen molar-refractivity contribution in [1.29, 1.82) is 0 Å². The van der Waals surface area contributed by atoms with E-state index in [2.05, 4.69) is 10.6 Å². The highest BCUT2D eigenvalue weighted by atomic mass is 16.5. The maximum absolute atomic E-state index is 12.1. The highest BCUT2D eigenvalue weighted by Crippen LogP contribution is 2.29. The van der Waals surface area contributed by atoms with Gasteiger partial charge in [-0.05, 0) is 37.1 Å². The van der Waals surface area contributed by atoms with Crippen molar-refractivity contribution in [2.75, 3.05) is 18.5 Å². The minimum absolute atomic E-state index is 0.224. The van der Waals surface area contributed by atoms with E-state index in [0.717, 1.165) is 28.0 Å². The van der Waals surface area contributed by atoms with Gasteiger partial charge >= 0.3 is 11.8 Å². The van der Waals surface area contributed by atoms with E-state index in [0.29, 0.717) is 5.69 Å². The molecule has 0 spiro atoms. The third-order valence-electron chi connectivity index (χ3n) is 4.45. The lowest BCUT2D eigenvalue weighted by Gasteiger charge is -2.12. The Morgan fingerprint density at radius 1 is 0.862 bits per heavy atom. The predicted octanol–water partition coefficient (Wildman–Crippen LogP) is 4.10. The van der Waals surface area contributed by atoms with Crippen molar-refractivity contribution in [3.05, 3.63) is 83.9 Å². The molecule has 0 radical (unpaired) electrons. The van der Waals surface area contributed by atoms with Crippen LogP contribution >= 0.6 is 0 Å². The number of carbonyl (C=O) groups is 2. The van der Waals surface area contributed by atoms with Crippen molar-refractivity contribution in [3.63, 3.8) is 0 Å². The van der Waals surface area contributed by atoms with E-state index in [9.17, 15) is 9.59 Å². The van der Waals surface area contributed by atoms with Gasteiger partial charge in [0.15, 0.2) is 0 Å². The highest BCUT2D eigenvalue weighted by Gasteiger charge is 2.14. The second-order valence-electron chi connectivity index (χ2n) is 6.74. The third kappa shape index (κ3) is 5.45. The lowest BCUT2D eigenvalue weighted by atomic mass is 10.1. The van der Waals surface area contributed by atoms with E-state index in [1.807, 2.05) is 80.6 Å². The van der Waals surface area contributed by atoms with E-state index in [4.69, 9.17) is 4.74 Å². The van der Waals surface area contributed by atoms with Crippen molar-refractivity contribution in [3.8, 4) is 16.9 Å². The van der Waals surface area contributed by atoms with Crippen LogP contribution in [0.25, 0.3) is 11.1 Å². The van der Waals surface area contributed by atoms with Crippen LogP contribution in [0.5, 0.6) is 5.75 Å². The number of carbonyl (C=O) groups excluding carboxylic acids is 2. The highest BCUT2D eigenvalue weighted by molar-refractivity contribution is 6.39. The molecule has 0 aliphatic carbocycles. The Hall–Kier alpha value is -3.60. The second kappa shape index (κ2) is 9.55. The molecule has 0 heterocycles. The smallest absolute Gasteiger partial charge is 0.313 e. The number of hydrogen-bond donors (Lipinski definition) is 2. The standard InChI is InChI=1S/C24H24N2O3/c1-17-12-13-21(18(2)16-17)26-24(28)23(27)25-14-15-29-22-11-7-6-10-20(22)19-8-4-3-5-9-19/h3-13,16H,14-15H2,1-2H3,(H,25,27)(H,26,28). The van der Waals surface area contributed by atoms with Gasteiger partial charge in [-0.3, -0.25) is 9.59 Å². The first-order valence-electron chi connectivity index (χ1n) is 9.48. The van der Waals surface area contributed by atoms with E-state index >= 15 is 0 Å². The first-order valence-corrected chi connectivity index (χ1v) is 9.48. The fourth-order valence-corrected chi connectivity index (χ4v) is 2.99. The average molecular weight is 388 g/mol. The van der Waals surface area contributed by atoms with Gasteiger partial charge in [-0.1, -0.05) is 66.2 Å². The molecular weight excluding hydrogens is 364 g/mol. The molecule has 0 aromatic heterocycles. The molecule has 3 aromatic carbocycles. The number of amides is 2. The zero-order valence-corrected chi connectivity index (χ0v) is 16.6. The molecule has 3 rings (SSSR count). The van der Waals surface area contributed by atoms with Crippen LogP contribution in [-0.4, -0.2) is 25.0 Å². The normalized spacial score (nSPS) is 10.3. The minimum atomic E-state index is -0.693. The van der Waals surface area contributed by atoms with Gasteiger partial charge in [0, 0.05) is 11.3 Å². The van der Waals surface area contributed by atoms with Gasteiger partial charge in [0.25, 0.3) is 0 Å². The summed E-state index contributed by atoms with van der Waals surface area (Å²) in [6, 6.07) is 23.3. The summed E-state index contributed by atoms with van der Waals surface area (Å²) in [4.78, 5) is 24.1. The van der Waals surface area contributed by atoms with Crippen molar-refractivity contribution < 1.29 is 14.3 Å². The number of rotatable bonds is 6. The Morgan fingerprint density at radius 2 is 1.59 bits per heavy atom. The molecule has 0 bridgehead atoms. The van der Waals surface area contributed by atoms with Crippen LogP contribution in [0.15, 0.2) is 72.8 Å². The number of ether oxygens (including phenoxy) is 1. The lowest BCUT2D eigenvalue weighted by Crippen LogP contribution is -2.37. The van der Waals surface area contributed by atoms with Crippen molar-refractivity contribution in [2.24, 2.45) is 0 Å². The molecule has 5 nitrogen and oxygen atoms in total. The molecule has 0 aliphatic rings. The molecule has 2 N–H and O–H groups in total. The molecule has 2 amide bonds. The van der Waals surface area contributed by atoms with Gasteiger partial charge in [0.2, 0.25) is 0 Å². The Kier molecular flexibility index (Phi) is 6.63. The zero-order chi connectivity index (χ0) is 20.6. The van der Waals surface area contributed by atoms with Gasteiger partial charge in [-0.25, -0.2) is 0 Å². The number of aryl methyl sites for hydroxylation is 2. The summed E-state index contributed by atoms with van der Waals surface area (Å²) in [5.74, 6) is -0.653. The summed E-state index contributed by atoms with van der Waals surface area (Å²) < 4.78 is 5.83. The topological polar surface area (TPSA) is 67.4 Å². The fourth-order valence-electron chi connectivity index (χ4n) is 2.99. The molecule has 3 aromatic rings. The second-order valence-corrected chi connectivity index (χ2v) is 6.74. The van der Waals surface area contributed by atoms with Gasteiger partial charge < -0.3 is 15.4 Å². The number of para-hydroxylation sites is 1. The molecule has 0 unspecified atom stereocenters. The van der Waals surface area contributed by atoms with Crippen LogP contribution in [-0.2, 0) is 9.59 Å². The van der Waals surface area contributed by atoms with Crippen molar-refractivity contribution in [2.45, 2.75) is 13.8 Å². The molecule has 0 fully saturated rings. The van der Waals surface area contributed by atoms with Crippen molar-refractivity contribution >= 4 is 17.5 Å². The molecule has 0 saturated heterocycles. The van der Waals surface area contributed by atoms with Crippen LogP contribution < -0.4 is 15.4 Å². The molecule has 0 aliphatic heterocycles. The monoisotopic (exact) mass is 388 g/mol. The minimum Gasteiger partial charge on any atom is -0.491 e. The Labute approximate surface area is 170 Å². The molecule has 29 heavy (non-hydrogen) atoms. The van der Waals surface area contributed by atoms with Crippen LogP contribution in [0.4, 0.5) is 5.69 Å². The maximum Gasteiger partial charge on any atom is 0.313 e. The number of hydrogen-bond acceptors (Lipinski definition) is 3. The number of nitrogens with one attached hydrogen (secondary N) is 2. The molecule has 5 heteroatoms. The summed E-state index contributed by atoms with van der Waals surface area (Å²) in [6.45, 7) is 4.34.